The van der Waals surface area contributed by atoms with Crippen LogP contribution < -0.4 is 10.9 Å². The fourth-order valence-corrected chi connectivity index (χ4v) is 1.80. The second kappa shape index (κ2) is 6.18. The highest BCUT2D eigenvalue weighted by molar-refractivity contribution is 6.33. The molecule has 0 unspecified atom stereocenters. The lowest BCUT2D eigenvalue weighted by Gasteiger charge is -2.12. The zero-order valence-corrected chi connectivity index (χ0v) is 11.6. The van der Waals surface area contributed by atoms with Gasteiger partial charge in [0.1, 0.15) is 6.54 Å². The minimum absolute atomic E-state index is 0.0418. The molecule has 0 bridgehead atoms. The van der Waals surface area contributed by atoms with Crippen molar-refractivity contribution in [1.82, 2.24) is 9.55 Å². The lowest BCUT2D eigenvalue weighted by atomic mass is 10.2. The highest BCUT2D eigenvalue weighted by Gasteiger charge is 2.31. The quantitative estimate of drug-likeness (QED) is 0.940. The number of rotatable bonds is 3. The molecule has 1 heterocycles. The predicted octanol–water partition coefficient (Wildman–Crippen LogP) is 2.55. The Labute approximate surface area is 127 Å². The van der Waals surface area contributed by atoms with Crippen molar-refractivity contribution in [3.63, 3.8) is 0 Å². The minimum Gasteiger partial charge on any atom is -0.323 e. The highest BCUT2D eigenvalue weighted by Crippen LogP contribution is 2.33. The van der Waals surface area contributed by atoms with E-state index < -0.39 is 23.2 Å². The standard InChI is InChI=1S/C13H9ClF3N3O2/c14-9-2-1-8(13(15,16)17)5-10(9)19-11(21)6-20-7-18-4-3-12(20)22/h1-5,7H,6H2,(H,19,21). The third-order valence-electron chi connectivity index (χ3n) is 2.67. The molecule has 0 atom stereocenters. The molecule has 2 aromatic rings. The summed E-state index contributed by atoms with van der Waals surface area (Å²) in [5.41, 5.74) is -1.58. The topological polar surface area (TPSA) is 64.0 Å². The minimum atomic E-state index is -4.55. The van der Waals surface area contributed by atoms with Crippen molar-refractivity contribution in [3.8, 4) is 0 Å². The van der Waals surface area contributed by atoms with Crippen molar-refractivity contribution in [2.24, 2.45) is 0 Å². The van der Waals surface area contributed by atoms with Crippen LogP contribution >= 0.6 is 11.6 Å². The maximum atomic E-state index is 12.6. The Morgan fingerprint density at radius 2 is 2.05 bits per heavy atom. The number of halogens is 4. The monoisotopic (exact) mass is 331 g/mol. The third-order valence-corrected chi connectivity index (χ3v) is 3.00. The van der Waals surface area contributed by atoms with E-state index in [1.165, 1.54) is 6.20 Å². The van der Waals surface area contributed by atoms with Gasteiger partial charge in [-0.15, -0.1) is 0 Å². The molecule has 1 N–H and O–H groups in total. The molecule has 5 nitrogen and oxygen atoms in total. The van der Waals surface area contributed by atoms with E-state index in [-0.39, 0.29) is 17.3 Å². The summed E-state index contributed by atoms with van der Waals surface area (Å²) in [4.78, 5) is 26.9. The molecular weight excluding hydrogens is 323 g/mol. The number of nitrogens with one attached hydrogen (secondary N) is 1. The van der Waals surface area contributed by atoms with Crippen LogP contribution in [-0.2, 0) is 17.5 Å². The van der Waals surface area contributed by atoms with Gasteiger partial charge >= 0.3 is 6.18 Å². The van der Waals surface area contributed by atoms with Gasteiger partial charge in [-0.3, -0.25) is 14.2 Å². The fourth-order valence-electron chi connectivity index (χ4n) is 1.64. The molecular formula is C13H9ClF3N3O2. The van der Waals surface area contributed by atoms with Crippen LogP contribution in [0.25, 0.3) is 0 Å². The summed E-state index contributed by atoms with van der Waals surface area (Å²) in [7, 11) is 0. The van der Waals surface area contributed by atoms with Gasteiger partial charge < -0.3 is 5.32 Å². The van der Waals surface area contributed by atoms with Crippen molar-refractivity contribution in [1.29, 1.82) is 0 Å². The Hall–Kier alpha value is -2.35. The molecule has 9 heteroatoms. The smallest absolute Gasteiger partial charge is 0.323 e. The van der Waals surface area contributed by atoms with E-state index in [1.54, 1.807) is 0 Å². The third kappa shape index (κ3) is 3.85. The molecule has 0 saturated carbocycles. The number of nitrogens with zero attached hydrogens (tertiary/aromatic N) is 2. The number of aromatic nitrogens is 2. The molecule has 0 radical (unpaired) electrons. The van der Waals surface area contributed by atoms with Crippen molar-refractivity contribution < 1.29 is 18.0 Å². The van der Waals surface area contributed by atoms with Gasteiger partial charge in [0.2, 0.25) is 5.91 Å². The van der Waals surface area contributed by atoms with Gasteiger partial charge in [-0.05, 0) is 18.2 Å². The molecule has 0 fully saturated rings. The van der Waals surface area contributed by atoms with Crippen LogP contribution in [0.2, 0.25) is 5.02 Å². The van der Waals surface area contributed by atoms with Gasteiger partial charge in [0, 0.05) is 12.3 Å². The van der Waals surface area contributed by atoms with Gasteiger partial charge in [-0.2, -0.15) is 13.2 Å². The summed E-state index contributed by atoms with van der Waals surface area (Å²) in [5.74, 6) is -0.698. The number of alkyl halides is 3. The average molecular weight is 332 g/mol. The molecule has 116 valence electrons. The van der Waals surface area contributed by atoms with Crippen LogP contribution in [-0.4, -0.2) is 15.5 Å². The van der Waals surface area contributed by atoms with Gasteiger partial charge in [0.25, 0.3) is 5.56 Å². The summed E-state index contributed by atoms with van der Waals surface area (Å²) < 4.78 is 38.9. The van der Waals surface area contributed by atoms with Gasteiger partial charge in [0.05, 0.1) is 22.6 Å². The van der Waals surface area contributed by atoms with Crippen molar-refractivity contribution in [2.45, 2.75) is 12.7 Å². The number of anilines is 1. The van der Waals surface area contributed by atoms with Crippen LogP contribution in [0.3, 0.4) is 0 Å². The lowest BCUT2D eigenvalue weighted by molar-refractivity contribution is -0.137. The molecule has 1 aromatic heterocycles. The summed E-state index contributed by atoms with van der Waals surface area (Å²) in [6, 6.07) is 3.73. The first-order valence-electron chi connectivity index (χ1n) is 5.94. The van der Waals surface area contributed by atoms with E-state index in [0.29, 0.717) is 0 Å². The van der Waals surface area contributed by atoms with Crippen LogP contribution in [0.1, 0.15) is 5.56 Å². The Bertz CT molecular complexity index is 759. The zero-order chi connectivity index (χ0) is 16.3. The number of amides is 1. The zero-order valence-electron chi connectivity index (χ0n) is 10.9. The highest BCUT2D eigenvalue weighted by atomic mass is 35.5. The number of carbonyl (C=O) groups is 1. The Balaban J connectivity index is 2.18. The van der Waals surface area contributed by atoms with Crippen LogP contribution in [0.15, 0.2) is 41.6 Å². The summed E-state index contributed by atoms with van der Waals surface area (Å²) in [6.07, 6.45) is -2.14. The summed E-state index contributed by atoms with van der Waals surface area (Å²) >= 11 is 5.76. The lowest BCUT2D eigenvalue weighted by Crippen LogP contribution is -2.27. The van der Waals surface area contributed by atoms with Crippen molar-refractivity contribution in [2.75, 3.05) is 5.32 Å². The Kier molecular flexibility index (Phi) is 4.51. The SMILES string of the molecule is O=C(Cn1cnccc1=O)Nc1cc(C(F)(F)F)ccc1Cl. The molecule has 2 rings (SSSR count). The molecule has 0 saturated heterocycles. The maximum absolute atomic E-state index is 12.6. The first-order chi connectivity index (χ1) is 10.3. The molecule has 1 amide bonds. The van der Waals surface area contributed by atoms with E-state index in [0.717, 1.165) is 35.2 Å². The van der Waals surface area contributed by atoms with E-state index in [1.807, 2.05) is 0 Å². The van der Waals surface area contributed by atoms with Crippen LogP contribution in [0, 0.1) is 0 Å². The molecule has 0 aliphatic rings. The van der Waals surface area contributed by atoms with Crippen molar-refractivity contribution >= 4 is 23.2 Å². The van der Waals surface area contributed by atoms with Gasteiger partial charge in [0.15, 0.2) is 0 Å². The first kappa shape index (κ1) is 16.0. The number of carbonyl (C=O) groups excluding carboxylic acids is 1. The van der Waals surface area contributed by atoms with Crippen molar-refractivity contribution in [3.05, 3.63) is 57.7 Å². The number of hydrogen-bond donors (Lipinski definition) is 1. The fraction of sp³-hybridized carbons (Fsp3) is 0.154. The molecule has 0 spiro atoms. The molecule has 1 aromatic carbocycles. The Morgan fingerprint density at radius 1 is 1.32 bits per heavy atom. The second-order valence-corrected chi connectivity index (χ2v) is 4.69. The maximum Gasteiger partial charge on any atom is 0.416 e. The predicted molar refractivity (Wildman–Crippen MR) is 73.6 cm³/mol. The van der Waals surface area contributed by atoms with E-state index >= 15 is 0 Å². The van der Waals surface area contributed by atoms with E-state index in [2.05, 4.69) is 10.3 Å². The van der Waals surface area contributed by atoms with Crippen LogP contribution in [0.5, 0.6) is 0 Å². The normalized spacial score (nSPS) is 11.3. The van der Waals surface area contributed by atoms with Gasteiger partial charge in [-0.1, -0.05) is 11.6 Å². The first-order valence-corrected chi connectivity index (χ1v) is 6.32. The van der Waals surface area contributed by atoms with E-state index in [4.69, 9.17) is 11.6 Å². The average Bonchev–Trinajstić information content (AvgIpc) is 2.42. The van der Waals surface area contributed by atoms with E-state index in [9.17, 15) is 22.8 Å². The largest absolute Gasteiger partial charge is 0.416 e. The summed E-state index contributed by atoms with van der Waals surface area (Å²) in [5, 5.41) is 2.20. The van der Waals surface area contributed by atoms with Gasteiger partial charge in [-0.25, -0.2) is 4.98 Å². The number of hydrogen-bond acceptors (Lipinski definition) is 3. The Morgan fingerprint density at radius 3 is 2.68 bits per heavy atom. The molecule has 0 aliphatic carbocycles. The summed E-state index contributed by atoms with van der Waals surface area (Å²) in [6.45, 7) is -0.390. The molecule has 0 aliphatic heterocycles. The van der Waals surface area contributed by atoms with Crippen LogP contribution in [0.4, 0.5) is 18.9 Å². The number of benzene rings is 1. The molecule has 22 heavy (non-hydrogen) atoms. The second-order valence-electron chi connectivity index (χ2n) is 4.29.